The van der Waals surface area contributed by atoms with E-state index < -0.39 is 11.6 Å². The molecular weight excluding hydrogens is 272 g/mol. The molecule has 0 atom stereocenters. The average Bonchev–Trinajstić information content (AvgIpc) is 2.46. The van der Waals surface area contributed by atoms with Gasteiger partial charge in [-0.1, -0.05) is 36.4 Å². The highest BCUT2D eigenvalue weighted by Gasteiger charge is 2.41. The Morgan fingerprint density at radius 1 is 0.952 bits per heavy atom. The number of rotatable bonds is 0. The first-order chi connectivity index (χ1) is 10.1. The van der Waals surface area contributed by atoms with Gasteiger partial charge < -0.3 is 19.4 Å². The lowest BCUT2D eigenvalue weighted by molar-refractivity contribution is -0.304. The predicted octanol–water partition coefficient (Wildman–Crippen LogP) is 1.95. The molecule has 2 aromatic carbocycles. The molecule has 1 aliphatic rings. The summed E-state index contributed by atoms with van der Waals surface area (Å²) in [5, 5.41) is 20.9. The first-order valence-electron chi connectivity index (χ1n) is 6.37. The van der Waals surface area contributed by atoms with Crippen LogP contribution < -0.4 is 10.4 Å². The third kappa shape index (κ3) is 1.62. The van der Waals surface area contributed by atoms with E-state index in [-0.39, 0.29) is 22.5 Å². The van der Waals surface area contributed by atoms with Gasteiger partial charge in [0.15, 0.2) is 0 Å². The zero-order valence-electron chi connectivity index (χ0n) is 10.7. The maximum atomic E-state index is 12.3. The smallest absolute Gasteiger partial charge is 0.352 e. The van der Waals surface area contributed by atoms with Crippen molar-refractivity contribution in [2.75, 3.05) is 0 Å². The highest BCUT2D eigenvalue weighted by atomic mass is 16.8. The van der Waals surface area contributed by atoms with Crippen LogP contribution in [0.4, 0.5) is 0 Å². The molecule has 2 heterocycles. The first-order valence-corrected chi connectivity index (χ1v) is 6.37. The molecule has 0 spiro atoms. The van der Waals surface area contributed by atoms with E-state index in [0.717, 1.165) is 0 Å². The van der Waals surface area contributed by atoms with Crippen molar-refractivity contribution in [1.82, 2.24) is 0 Å². The quantitative estimate of drug-likeness (QED) is 0.486. The summed E-state index contributed by atoms with van der Waals surface area (Å²) < 4.78 is 10.5. The van der Waals surface area contributed by atoms with Gasteiger partial charge in [0.1, 0.15) is 11.3 Å². The van der Waals surface area contributed by atoms with E-state index in [4.69, 9.17) is 9.15 Å². The van der Waals surface area contributed by atoms with E-state index in [9.17, 15) is 15.0 Å². The molecular formula is C16H10O5. The molecule has 0 unspecified atom stereocenters. The third-order valence-electron chi connectivity index (χ3n) is 3.55. The Kier molecular flexibility index (Phi) is 2.28. The number of benzene rings is 2. The minimum absolute atomic E-state index is 0.00745. The lowest BCUT2D eigenvalue weighted by Crippen LogP contribution is -2.37. The molecule has 3 aromatic rings. The maximum absolute atomic E-state index is 12.3. The lowest BCUT2D eigenvalue weighted by Gasteiger charge is -2.31. The molecule has 0 bridgehead atoms. The predicted molar refractivity (Wildman–Crippen MR) is 74.7 cm³/mol. The molecule has 5 nitrogen and oxygen atoms in total. The van der Waals surface area contributed by atoms with Crippen molar-refractivity contribution < 1.29 is 19.4 Å². The minimum Gasteiger partial charge on any atom is -0.435 e. The van der Waals surface area contributed by atoms with Crippen LogP contribution >= 0.6 is 0 Å². The van der Waals surface area contributed by atoms with Crippen molar-refractivity contribution in [2.24, 2.45) is 0 Å². The van der Waals surface area contributed by atoms with Gasteiger partial charge in [-0.05, 0) is 12.1 Å². The third-order valence-corrected chi connectivity index (χ3v) is 3.55. The van der Waals surface area contributed by atoms with Crippen LogP contribution in [0.15, 0.2) is 57.7 Å². The molecule has 4 rings (SSSR count). The Balaban J connectivity index is 2.24. The second-order valence-electron chi connectivity index (χ2n) is 4.84. The van der Waals surface area contributed by atoms with E-state index in [1.54, 1.807) is 48.5 Å². The van der Waals surface area contributed by atoms with Gasteiger partial charge in [0, 0.05) is 10.9 Å². The van der Waals surface area contributed by atoms with Gasteiger partial charge in [0.25, 0.3) is 0 Å². The fourth-order valence-corrected chi connectivity index (χ4v) is 2.70. The summed E-state index contributed by atoms with van der Waals surface area (Å²) in [7, 11) is 0. The summed E-state index contributed by atoms with van der Waals surface area (Å²) in [5.74, 6) is -2.36. The Bertz CT molecular complexity index is 923. The number of hydrogen-bond donors (Lipinski definition) is 2. The van der Waals surface area contributed by atoms with Gasteiger partial charge in [-0.25, -0.2) is 4.79 Å². The molecule has 0 amide bonds. The van der Waals surface area contributed by atoms with Crippen molar-refractivity contribution in [3.8, 4) is 16.9 Å². The van der Waals surface area contributed by atoms with Crippen molar-refractivity contribution in [3.05, 3.63) is 64.5 Å². The van der Waals surface area contributed by atoms with Gasteiger partial charge in [-0.2, -0.15) is 0 Å². The van der Waals surface area contributed by atoms with E-state index in [1.165, 1.54) is 0 Å². The van der Waals surface area contributed by atoms with Crippen LogP contribution in [-0.2, 0) is 5.97 Å². The maximum Gasteiger partial charge on any atom is 0.352 e. The summed E-state index contributed by atoms with van der Waals surface area (Å²) in [6.07, 6.45) is 0. The summed E-state index contributed by atoms with van der Waals surface area (Å²) in [4.78, 5) is 12.3. The van der Waals surface area contributed by atoms with Crippen LogP contribution in [0.3, 0.4) is 0 Å². The number of fused-ring (bicyclic) bond motifs is 5. The molecule has 1 aromatic heterocycles. The molecule has 2 N–H and O–H groups in total. The average molecular weight is 282 g/mol. The van der Waals surface area contributed by atoms with Crippen molar-refractivity contribution in [1.29, 1.82) is 0 Å². The molecule has 104 valence electrons. The number of aliphatic hydroxyl groups is 2. The number of para-hydroxylation sites is 2. The molecule has 21 heavy (non-hydrogen) atoms. The topological polar surface area (TPSA) is 79.9 Å². The van der Waals surface area contributed by atoms with Gasteiger partial charge >= 0.3 is 11.6 Å². The van der Waals surface area contributed by atoms with Gasteiger partial charge in [-0.3, -0.25) is 0 Å². The van der Waals surface area contributed by atoms with E-state index in [1.807, 2.05) is 0 Å². The fourth-order valence-electron chi connectivity index (χ4n) is 2.70. The summed E-state index contributed by atoms with van der Waals surface area (Å²) in [5.41, 5.74) is 0.239. The summed E-state index contributed by atoms with van der Waals surface area (Å²) in [6, 6.07) is 13.3. The second-order valence-corrected chi connectivity index (χ2v) is 4.84. The highest BCUT2D eigenvalue weighted by Crippen LogP contribution is 2.43. The highest BCUT2D eigenvalue weighted by molar-refractivity contribution is 5.89. The second kappa shape index (κ2) is 3.94. The van der Waals surface area contributed by atoms with Crippen LogP contribution in [0.1, 0.15) is 5.56 Å². The van der Waals surface area contributed by atoms with E-state index in [0.29, 0.717) is 10.9 Å². The molecule has 0 saturated heterocycles. The largest absolute Gasteiger partial charge is 0.435 e. The molecule has 1 aliphatic heterocycles. The normalized spacial score (nSPS) is 15.1. The van der Waals surface area contributed by atoms with Crippen molar-refractivity contribution in [2.45, 2.75) is 5.97 Å². The summed E-state index contributed by atoms with van der Waals surface area (Å²) >= 11 is 0. The number of hydrogen-bond acceptors (Lipinski definition) is 5. The van der Waals surface area contributed by atoms with Gasteiger partial charge in [-0.15, -0.1) is 0 Å². The number of ether oxygens (including phenoxy) is 1. The SMILES string of the molecule is O=c1oc2ccccc2c2c1-c1ccccc1OC2(O)O. The van der Waals surface area contributed by atoms with Crippen LogP contribution in [0.2, 0.25) is 0 Å². The minimum atomic E-state index is -2.58. The first kappa shape index (κ1) is 12.1. The van der Waals surface area contributed by atoms with Crippen LogP contribution in [0.25, 0.3) is 22.1 Å². The molecule has 0 radical (unpaired) electrons. The summed E-state index contributed by atoms with van der Waals surface area (Å²) in [6.45, 7) is 0. The standard InChI is InChI=1S/C16H10O5/c17-15-13-9-5-1-4-8-12(9)21-16(18,19)14(13)10-6-2-3-7-11(10)20-15/h1-8,18-19H. The molecule has 0 fully saturated rings. The van der Waals surface area contributed by atoms with Gasteiger partial charge in [0.05, 0.1) is 11.1 Å². The van der Waals surface area contributed by atoms with Crippen molar-refractivity contribution >= 4 is 11.0 Å². The fraction of sp³-hybridized carbons (Fsp3) is 0.0625. The zero-order valence-corrected chi connectivity index (χ0v) is 10.7. The van der Waals surface area contributed by atoms with Gasteiger partial charge in [0.2, 0.25) is 0 Å². The molecule has 0 saturated carbocycles. The lowest BCUT2D eigenvalue weighted by atomic mass is 9.94. The molecule has 5 heteroatoms. The van der Waals surface area contributed by atoms with Crippen LogP contribution in [0.5, 0.6) is 5.75 Å². The zero-order chi connectivity index (χ0) is 14.6. The Morgan fingerprint density at radius 2 is 1.67 bits per heavy atom. The van der Waals surface area contributed by atoms with E-state index in [2.05, 4.69) is 0 Å². The van der Waals surface area contributed by atoms with Crippen LogP contribution in [-0.4, -0.2) is 10.2 Å². The Hall–Kier alpha value is -2.63. The van der Waals surface area contributed by atoms with Crippen molar-refractivity contribution in [3.63, 3.8) is 0 Å². The monoisotopic (exact) mass is 282 g/mol. The molecule has 0 aliphatic carbocycles. The van der Waals surface area contributed by atoms with Crippen LogP contribution in [0, 0.1) is 0 Å². The Labute approximate surface area is 118 Å². The Morgan fingerprint density at radius 3 is 2.52 bits per heavy atom. The van der Waals surface area contributed by atoms with E-state index >= 15 is 0 Å².